The second-order valence-electron chi connectivity index (χ2n) is 6.67. The van der Waals surface area contributed by atoms with Gasteiger partial charge in [-0.3, -0.25) is 4.79 Å². The lowest BCUT2D eigenvalue weighted by Crippen LogP contribution is -2.41. The standard InChI is InChI=1S/C18H18ClN3O3S3/c1-11-3-2-4-13-16(11)20-18(26-13)21-17(23)12-7-9-22(10-8-12)28(24,25)15-6-5-14(19)27-15/h2-6,12H,7-10H2,1H3,(H,20,21,23). The van der Waals surface area contributed by atoms with E-state index in [1.165, 1.54) is 21.7 Å². The fourth-order valence-electron chi connectivity index (χ4n) is 3.27. The molecule has 0 aliphatic carbocycles. The van der Waals surface area contributed by atoms with Crippen molar-refractivity contribution in [2.75, 3.05) is 18.4 Å². The molecular weight excluding hydrogens is 438 g/mol. The lowest BCUT2D eigenvalue weighted by atomic mass is 9.97. The van der Waals surface area contributed by atoms with E-state index in [9.17, 15) is 13.2 Å². The van der Waals surface area contributed by atoms with Crippen LogP contribution in [-0.2, 0) is 14.8 Å². The number of hydrogen-bond acceptors (Lipinski definition) is 6. The number of thiazole rings is 1. The Bertz CT molecular complexity index is 1130. The molecule has 0 radical (unpaired) electrons. The quantitative estimate of drug-likeness (QED) is 0.633. The van der Waals surface area contributed by atoms with Crippen molar-refractivity contribution in [2.24, 2.45) is 5.92 Å². The summed E-state index contributed by atoms with van der Waals surface area (Å²) in [5, 5.41) is 3.48. The van der Waals surface area contributed by atoms with E-state index in [0.29, 0.717) is 35.4 Å². The maximum absolute atomic E-state index is 12.7. The summed E-state index contributed by atoms with van der Waals surface area (Å²) in [6, 6.07) is 9.05. The molecule has 0 unspecified atom stereocenters. The van der Waals surface area contributed by atoms with Crippen LogP contribution in [0.1, 0.15) is 18.4 Å². The zero-order valence-corrected chi connectivity index (χ0v) is 18.2. The van der Waals surface area contributed by atoms with Gasteiger partial charge in [0.05, 0.1) is 14.6 Å². The molecular formula is C18H18ClN3O3S3. The molecule has 0 spiro atoms. The van der Waals surface area contributed by atoms with Crippen molar-refractivity contribution >= 4 is 65.6 Å². The predicted octanol–water partition coefficient (Wildman–Crippen LogP) is 4.36. The SMILES string of the molecule is Cc1cccc2sc(NC(=O)C3CCN(S(=O)(=O)c4ccc(Cl)s4)CC3)nc12. The molecule has 0 atom stereocenters. The molecule has 148 valence electrons. The van der Waals surface area contributed by atoms with E-state index in [4.69, 9.17) is 11.6 Å². The van der Waals surface area contributed by atoms with Crippen molar-refractivity contribution in [3.8, 4) is 0 Å². The molecule has 0 bridgehead atoms. The Hall–Kier alpha value is -1.52. The number of para-hydroxylation sites is 1. The van der Waals surface area contributed by atoms with Gasteiger partial charge in [-0.1, -0.05) is 35.1 Å². The smallest absolute Gasteiger partial charge is 0.252 e. The largest absolute Gasteiger partial charge is 0.302 e. The molecule has 1 aliphatic rings. The van der Waals surface area contributed by atoms with Gasteiger partial charge in [0.25, 0.3) is 10.0 Å². The number of sulfonamides is 1. The fourth-order valence-corrected chi connectivity index (χ4v) is 7.32. The third-order valence-electron chi connectivity index (χ3n) is 4.82. The number of aromatic nitrogens is 1. The van der Waals surface area contributed by atoms with E-state index in [1.807, 2.05) is 25.1 Å². The van der Waals surface area contributed by atoms with Gasteiger partial charge in [-0.05, 0) is 43.5 Å². The number of rotatable bonds is 4. The third kappa shape index (κ3) is 3.81. The van der Waals surface area contributed by atoms with Gasteiger partial charge >= 0.3 is 0 Å². The topological polar surface area (TPSA) is 79.4 Å². The number of thiophene rings is 1. The van der Waals surface area contributed by atoms with Gasteiger partial charge in [-0.25, -0.2) is 13.4 Å². The van der Waals surface area contributed by atoms with E-state index in [-0.39, 0.29) is 16.0 Å². The minimum Gasteiger partial charge on any atom is -0.302 e. The first kappa shape index (κ1) is 19.8. The zero-order chi connectivity index (χ0) is 19.9. The number of fused-ring (bicyclic) bond motifs is 1. The molecule has 1 amide bonds. The highest BCUT2D eigenvalue weighted by Gasteiger charge is 2.33. The number of nitrogens with one attached hydrogen (secondary N) is 1. The van der Waals surface area contributed by atoms with Crippen LogP contribution in [0.2, 0.25) is 4.34 Å². The monoisotopic (exact) mass is 455 g/mol. The van der Waals surface area contributed by atoms with E-state index >= 15 is 0 Å². The number of piperidine rings is 1. The maximum Gasteiger partial charge on any atom is 0.252 e. The van der Waals surface area contributed by atoms with Gasteiger partial charge in [0, 0.05) is 19.0 Å². The summed E-state index contributed by atoms with van der Waals surface area (Å²) >= 11 is 8.36. The number of carbonyl (C=O) groups is 1. The van der Waals surface area contributed by atoms with Gasteiger partial charge in [-0.2, -0.15) is 4.31 Å². The van der Waals surface area contributed by atoms with Gasteiger partial charge in [0.15, 0.2) is 5.13 Å². The molecule has 1 saturated heterocycles. The molecule has 28 heavy (non-hydrogen) atoms. The van der Waals surface area contributed by atoms with E-state index in [2.05, 4.69) is 10.3 Å². The molecule has 10 heteroatoms. The first-order valence-electron chi connectivity index (χ1n) is 8.77. The van der Waals surface area contributed by atoms with E-state index in [1.54, 1.807) is 6.07 Å². The molecule has 0 saturated carbocycles. The van der Waals surface area contributed by atoms with Crippen LogP contribution in [0.5, 0.6) is 0 Å². The van der Waals surface area contributed by atoms with Crippen molar-refractivity contribution in [2.45, 2.75) is 24.0 Å². The fraction of sp³-hybridized carbons (Fsp3) is 0.333. The Kier molecular flexibility index (Phi) is 5.45. The molecule has 1 N–H and O–H groups in total. The number of benzene rings is 1. The van der Waals surface area contributed by atoms with Crippen LogP contribution in [0, 0.1) is 12.8 Å². The lowest BCUT2D eigenvalue weighted by Gasteiger charge is -2.29. The minimum absolute atomic E-state index is 0.104. The minimum atomic E-state index is -3.55. The number of halogens is 1. The zero-order valence-electron chi connectivity index (χ0n) is 15.0. The molecule has 3 heterocycles. The molecule has 4 rings (SSSR count). The first-order chi connectivity index (χ1) is 13.3. The lowest BCUT2D eigenvalue weighted by molar-refractivity contribution is -0.120. The molecule has 1 fully saturated rings. The summed E-state index contributed by atoms with van der Waals surface area (Å²) in [7, 11) is -3.55. The highest BCUT2D eigenvalue weighted by Crippen LogP contribution is 2.32. The number of anilines is 1. The van der Waals surface area contributed by atoms with Crippen LogP contribution in [0.25, 0.3) is 10.2 Å². The highest BCUT2D eigenvalue weighted by molar-refractivity contribution is 7.91. The predicted molar refractivity (Wildman–Crippen MR) is 114 cm³/mol. The second-order valence-corrected chi connectivity index (χ2v) is 11.6. The molecule has 1 aliphatic heterocycles. The highest BCUT2D eigenvalue weighted by atomic mass is 35.5. The number of aryl methyl sites for hydroxylation is 1. The van der Waals surface area contributed by atoms with Gasteiger partial charge in [0.2, 0.25) is 5.91 Å². The third-order valence-corrected chi connectivity index (χ3v) is 9.35. The Balaban J connectivity index is 1.40. The van der Waals surface area contributed by atoms with Crippen molar-refractivity contribution in [3.63, 3.8) is 0 Å². The second kappa shape index (κ2) is 7.72. The van der Waals surface area contributed by atoms with Crippen molar-refractivity contribution in [1.82, 2.24) is 9.29 Å². The summed E-state index contributed by atoms with van der Waals surface area (Å²) in [6.45, 7) is 2.62. The number of hydrogen-bond donors (Lipinski definition) is 1. The summed E-state index contributed by atoms with van der Waals surface area (Å²) < 4.78 is 28.5. The van der Waals surface area contributed by atoms with Crippen LogP contribution in [0.4, 0.5) is 5.13 Å². The Morgan fingerprint density at radius 2 is 1.96 bits per heavy atom. The Morgan fingerprint density at radius 3 is 2.61 bits per heavy atom. The van der Waals surface area contributed by atoms with Crippen molar-refractivity contribution in [3.05, 3.63) is 40.2 Å². The first-order valence-corrected chi connectivity index (χ1v) is 12.2. The van der Waals surface area contributed by atoms with Gasteiger partial charge in [-0.15, -0.1) is 11.3 Å². The van der Waals surface area contributed by atoms with E-state index < -0.39 is 10.0 Å². The van der Waals surface area contributed by atoms with Gasteiger partial charge < -0.3 is 5.32 Å². The van der Waals surface area contributed by atoms with E-state index in [0.717, 1.165) is 27.1 Å². The number of nitrogens with zero attached hydrogens (tertiary/aromatic N) is 2. The van der Waals surface area contributed by atoms with Crippen LogP contribution in [-0.4, -0.2) is 36.7 Å². The molecule has 3 aromatic rings. The summed E-state index contributed by atoms with van der Waals surface area (Å²) in [6.07, 6.45) is 0.961. The average molecular weight is 456 g/mol. The maximum atomic E-state index is 12.7. The van der Waals surface area contributed by atoms with Crippen LogP contribution in [0.15, 0.2) is 34.5 Å². The Labute approximate surface area is 176 Å². The molecule has 6 nitrogen and oxygen atoms in total. The number of amides is 1. The Morgan fingerprint density at radius 1 is 1.21 bits per heavy atom. The van der Waals surface area contributed by atoms with Crippen LogP contribution >= 0.6 is 34.3 Å². The normalized spacial score (nSPS) is 16.5. The summed E-state index contributed by atoms with van der Waals surface area (Å²) in [5.41, 5.74) is 1.97. The molecule has 2 aromatic heterocycles. The summed E-state index contributed by atoms with van der Waals surface area (Å²) in [4.78, 5) is 17.1. The number of carbonyl (C=O) groups excluding carboxylic acids is 1. The van der Waals surface area contributed by atoms with Crippen LogP contribution in [0.3, 0.4) is 0 Å². The van der Waals surface area contributed by atoms with Crippen LogP contribution < -0.4 is 5.32 Å². The summed E-state index contributed by atoms with van der Waals surface area (Å²) in [5.74, 6) is -0.334. The molecule has 1 aromatic carbocycles. The average Bonchev–Trinajstić information content (AvgIpc) is 3.29. The van der Waals surface area contributed by atoms with Crippen molar-refractivity contribution in [1.29, 1.82) is 0 Å². The van der Waals surface area contributed by atoms with Crippen molar-refractivity contribution < 1.29 is 13.2 Å². The van der Waals surface area contributed by atoms with Gasteiger partial charge in [0.1, 0.15) is 4.21 Å².